The van der Waals surface area contributed by atoms with Crippen LogP contribution in [0, 0.1) is 0 Å². The number of likely N-dealkylation sites (N-methyl/N-ethyl adjacent to an activating group) is 1. The summed E-state index contributed by atoms with van der Waals surface area (Å²) in [7, 11) is 0. The second kappa shape index (κ2) is 3.61. The highest BCUT2D eigenvalue weighted by Crippen LogP contribution is 2.34. The summed E-state index contributed by atoms with van der Waals surface area (Å²) >= 11 is 3.36. The molecule has 1 aromatic carbocycles. The Bertz CT molecular complexity index is 378. The predicted octanol–water partition coefficient (Wildman–Crippen LogP) is 2.19. The zero-order valence-electron chi connectivity index (χ0n) is 7.79. The van der Waals surface area contributed by atoms with Gasteiger partial charge in [-0.05, 0) is 25.1 Å². The average molecular weight is 256 g/mol. The van der Waals surface area contributed by atoms with Crippen molar-refractivity contribution in [1.29, 1.82) is 0 Å². The fourth-order valence-electron chi connectivity index (χ4n) is 1.53. The van der Waals surface area contributed by atoms with E-state index in [2.05, 4.69) is 15.9 Å². The smallest absolute Gasteiger partial charge is 0.265 e. The van der Waals surface area contributed by atoms with Gasteiger partial charge in [-0.2, -0.15) is 0 Å². The lowest BCUT2D eigenvalue weighted by atomic mass is 10.2. The fourth-order valence-corrected chi connectivity index (χ4v) is 1.87. The summed E-state index contributed by atoms with van der Waals surface area (Å²) in [6.07, 6.45) is 0. The summed E-state index contributed by atoms with van der Waals surface area (Å²) in [6.45, 7) is 2.77. The number of hydrogen-bond acceptors (Lipinski definition) is 2. The van der Waals surface area contributed by atoms with Crippen molar-refractivity contribution in [2.75, 3.05) is 18.1 Å². The van der Waals surface area contributed by atoms with Crippen molar-refractivity contribution < 1.29 is 9.53 Å². The molecule has 1 aromatic rings. The normalized spacial score (nSPS) is 15.0. The summed E-state index contributed by atoms with van der Waals surface area (Å²) in [5, 5.41) is 0. The first-order valence-corrected chi connectivity index (χ1v) is 5.24. The number of fused-ring (bicyclic) bond motifs is 1. The quantitative estimate of drug-likeness (QED) is 0.770. The Labute approximate surface area is 90.8 Å². The number of carbonyl (C=O) groups excluding carboxylic acids is 1. The van der Waals surface area contributed by atoms with Crippen LogP contribution in [0.15, 0.2) is 22.7 Å². The predicted molar refractivity (Wildman–Crippen MR) is 57.7 cm³/mol. The molecule has 0 unspecified atom stereocenters. The van der Waals surface area contributed by atoms with Gasteiger partial charge in [0, 0.05) is 11.0 Å². The van der Waals surface area contributed by atoms with E-state index in [-0.39, 0.29) is 12.5 Å². The number of nitrogens with zero attached hydrogens (tertiary/aromatic N) is 1. The first-order chi connectivity index (χ1) is 6.72. The van der Waals surface area contributed by atoms with E-state index in [1.54, 1.807) is 4.90 Å². The monoisotopic (exact) mass is 255 g/mol. The lowest BCUT2D eigenvalue weighted by Gasteiger charge is -2.28. The van der Waals surface area contributed by atoms with Crippen molar-refractivity contribution in [3.8, 4) is 5.75 Å². The number of anilines is 1. The molecule has 3 nitrogen and oxygen atoms in total. The third-order valence-corrected chi connectivity index (χ3v) is 2.67. The summed E-state index contributed by atoms with van der Waals surface area (Å²) in [5.74, 6) is 0.781. The van der Waals surface area contributed by atoms with Gasteiger partial charge in [0.2, 0.25) is 0 Å². The minimum atomic E-state index is 0.0160. The van der Waals surface area contributed by atoms with Crippen LogP contribution in [-0.4, -0.2) is 19.1 Å². The maximum atomic E-state index is 11.5. The van der Waals surface area contributed by atoms with E-state index in [9.17, 15) is 4.79 Å². The van der Waals surface area contributed by atoms with E-state index in [1.165, 1.54) is 0 Å². The molecule has 0 N–H and O–H groups in total. The standard InChI is InChI=1S/C10H10BrNO2/c1-2-12-8-4-3-7(11)5-9(8)14-6-10(12)13/h3-5H,2,6H2,1H3. The molecule has 2 rings (SSSR count). The number of rotatable bonds is 1. The van der Waals surface area contributed by atoms with Gasteiger partial charge in [0.05, 0.1) is 5.69 Å². The van der Waals surface area contributed by atoms with E-state index >= 15 is 0 Å². The third-order valence-electron chi connectivity index (χ3n) is 2.18. The minimum absolute atomic E-state index is 0.0160. The van der Waals surface area contributed by atoms with Crippen molar-refractivity contribution in [2.24, 2.45) is 0 Å². The van der Waals surface area contributed by atoms with Crippen molar-refractivity contribution in [1.82, 2.24) is 0 Å². The maximum absolute atomic E-state index is 11.5. The summed E-state index contributed by atoms with van der Waals surface area (Å²) in [5.41, 5.74) is 0.854. The van der Waals surface area contributed by atoms with Crippen molar-refractivity contribution >= 4 is 27.5 Å². The van der Waals surface area contributed by atoms with Crippen LogP contribution >= 0.6 is 15.9 Å². The van der Waals surface area contributed by atoms with E-state index in [0.29, 0.717) is 6.54 Å². The van der Waals surface area contributed by atoms with Crippen LogP contribution in [0.1, 0.15) is 6.92 Å². The van der Waals surface area contributed by atoms with Crippen LogP contribution in [-0.2, 0) is 4.79 Å². The number of ether oxygens (including phenoxy) is 1. The molecule has 0 saturated carbocycles. The van der Waals surface area contributed by atoms with Crippen molar-refractivity contribution in [3.63, 3.8) is 0 Å². The molecule has 14 heavy (non-hydrogen) atoms. The lowest BCUT2D eigenvalue weighted by Crippen LogP contribution is -2.38. The molecule has 74 valence electrons. The Kier molecular flexibility index (Phi) is 2.46. The average Bonchev–Trinajstić information content (AvgIpc) is 2.18. The molecule has 0 atom stereocenters. The second-order valence-electron chi connectivity index (χ2n) is 3.04. The first kappa shape index (κ1) is 9.52. The van der Waals surface area contributed by atoms with Gasteiger partial charge in [0.15, 0.2) is 6.61 Å². The fraction of sp³-hybridized carbons (Fsp3) is 0.300. The van der Waals surface area contributed by atoms with Gasteiger partial charge in [-0.15, -0.1) is 0 Å². The highest BCUT2D eigenvalue weighted by atomic mass is 79.9. The topological polar surface area (TPSA) is 29.5 Å². The van der Waals surface area contributed by atoms with Gasteiger partial charge < -0.3 is 9.64 Å². The van der Waals surface area contributed by atoms with E-state index < -0.39 is 0 Å². The Morgan fingerprint density at radius 3 is 3.07 bits per heavy atom. The van der Waals surface area contributed by atoms with Crippen molar-refractivity contribution in [2.45, 2.75) is 6.92 Å². The molecule has 1 aliphatic rings. The molecular formula is C10H10BrNO2. The molecule has 0 aromatic heterocycles. The largest absolute Gasteiger partial charge is 0.482 e. The van der Waals surface area contributed by atoms with Crippen LogP contribution in [0.25, 0.3) is 0 Å². The summed E-state index contributed by atoms with van der Waals surface area (Å²) in [4.78, 5) is 13.2. The molecule has 0 spiro atoms. The number of halogens is 1. The van der Waals surface area contributed by atoms with Crippen LogP contribution < -0.4 is 9.64 Å². The SMILES string of the molecule is CCN1C(=O)COc2cc(Br)ccc21. The van der Waals surface area contributed by atoms with Gasteiger partial charge in [-0.3, -0.25) is 4.79 Å². The highest BCUT2D eigenvalue weighted by Gasteiger charge is 2.23. The van der Waals surface area contributed by atoms with Gasteiger partial charge in [0.25, 0.3) is 5.91 Å². The molecular weight excluding hydrogens is 246 g/mol. The molecule has 1 heterocycles. The van der Waals surface area contributed by atoms with Gasteiger partial charge in [-0.1, -0.05) is 15.9 Å². The number of carbonyl (C=O) groups is 1. The molecule has 1 amide bonds. The Morgan fingerprint density at radius 1 is 1.57 bits per heavy atom. The van der Waals surface area contributed by atoms with Crippen molar-refractivity contribution in [3.05, 3.63) is 22.7 Å². The summed E-state index contributed by atoms with van der Waals surface area (Å²) in [6, 6.07) is 5.67. The summed E-state index contributed by atoms with van der Waals surface area (Å²) < 4.78 is 6.29. The molecule has 4 heteroatoms. The zero-order chi connectivity index (χ0) is 10.1. The van der Waals surface area contributed by atoms with Crippen LogP contribution in [0.4, 0.5) is 5.69 Å². The van der Waals surface area contributed by atoms with Crippen LogP contribution in [0.2, 0.25) is 0 Å². The van der Waals surface area contributed by atoms with Gasteiger partial charge >= 0.3 is 0 Å². The Morgan fingerprint density at radius 2 is 2.36 bits per heavy atom. The van der Waals surface area contributed by atoms with E-state index in [0.717, 1.165) is 15.9 Å². The number of amides is 1. The first-order valence-electron chi connectivity index (χ1n) is 4.45. The molecule has 0 aliphatic carbocycles. The molecule has 0 radical (unpaired) electrons. The molecule has 0 fully saturated rings. The van der Waals surface area contributed by atoms with Crippen LogP contribution in [0.3, 0.4) is 0 Å². The zero-order valence-corrected chi connectivity index (χ0v) is 9.37. The lowest BCUT2D eigenvalue weighted by molar-refractivity contribution is -0.121. The minimum Gasteiger partial charge on any atom is -0.482 e. The number of benzene rings is 1. The Hall–Kier alpha value is -1.03. The maximum Gasteiger partial charge on any atom is 0.265 e. The van der Waals surface area contributed by atoms with Gasteiger partial charge in [-0.25, -0.2) is 0 Å². The van der Waals surface area contributed by atoms with E-state index in [4.69, 9.17) is 4.74 Å². The Balaban J connectivity index is 2.47. The molecule has 1 aliphatic heterocycles. The second-order valence-corrected chi connectivity index (χ2v) is 3.95. The van der Waals surface area contributed by atoms with Crippen LogP contribution in [0.5, 0.6) is 5.75 Å². The third kappa shape index (κ3) is 1.50. The molecule has 0 bridgehead atoms. The highest BCUT2D eigenvalue weighted by molar-refractivity contribution is 9.10. The van der Waals surface area contributed by atoms with Gasteiger partial charge in [0.1, 0.15) is 5.75 Å². The van der Waals surface area contributed by atoms with E-state index in [1.807, 2.05) is 25.1 Å². The number of hydrogen-bond donors (Lipinski definition) is 0. The molecule has 0 saturated heterocycles.